The predicted molar refractivity (Wildman–Crippen MR) is 95.3 cm³/mol. The van der Waals surface area contributed by atoms with Crippen LogP contribution in [0.25, 0.3) is 33.6 Å². The minimum atomic E-state index is 0.876. The van der Waals surface area contributed by atoms with Gasteiger partial charge in [-0.3, -0.25) is 4.40 Å². The third kappa shape index (κ3) is 1.86. The summed E-state index contributed by atoms with van der Waals surface area (Å²) < 4.78 is 4.09. The van der Waals surface area contributed by atoms with Crippen molar-refractivity contribution in [1.82, 2.24) is 19.2 Å². The fourth-order valence-electron chi connectivity index (χ4n) is 3.14. The van der Waals surface area contributed by atoms with Gasteiger partial charge in [0.1, 0.15) is 5.52 Å². The number of rotatable bonds is 2. The lowest BCUT2D eigenvalue weighted by Gasteiger charge is -2.09. The van der Waals surface area contributed by atoms with Gasteiger partial charge in [0.25, 0.3) is 0 Å². The Hall–Kier alpha value is -3.40. The van der Waals surface area contributed by atoms with Crippen LogP contribution in [0.4, 0.5) is 0 Å². The summed E-state index contributed by atoms with van der Waals surface area (Å²) in [4.78, 5) is 4.89. The third-order valence-corrected chi connectivity index (χ3v) is 4.23. The number of hydrogen-bond acceptors (Lipinski definition) is 2. The molecule has 0 spiro atoms. The van der Waals surface area contributed by atoms with E-state index in [2.05, 4.69) is 33.9 Å². The molecule has 0 aliphatic heterocycles. The fraction of sp³-hybridized carbons (Fsp3) is 0. The van der Waals surface area contributed by atoms with Gasteiger partial charge in [0.15, 0.2) is 5.65 Å². The molecule has 0 fully saturated rings. The number of benzene rings is 2. The molecule has 0 N–H and O–H groups in total. The molecule has 0 unspecified atom stereocenters. The van der Waals surface area contributed by atoms with Crippen molar-refractivity contribution in [1.29, 1.82) is 0 Å². The monoisotopic (exact) mass is 310 g/mol. The Morgan fingerprint density at radius 3 is 2.29 bits per heavy atom. The van der Waals surface area contributed by atoms with Crippen LogP contribution in [0.2, 0.25) is 0 Å². The number of aromatic nitrogens is 4. The number of fused-ring (bicyclic) bond motifs is 3. The van der Waals surface area contributed by atoms with Crippen LogP contribution in [0.15, 0.2) is 85.2 Å². The normalized spacial score (nSPS) is 11.3. The SMILES string of the molecule is c1ccc(-c2nc3cnn(-c4ccccc4)c3n3cccc23)cc1. The molecule has 0 saturated heterocycles. The van der Waals surface area contributed by atoms with E-state index in [1.807, 2.05) is 65.5 Å². The van der Waals surface area contributed by atoms with Crippen molar-refractivity contribution in [3.05, 3.63) is 85.2 Å². The van der Waals surface area contributed by atoms with Gasteiger partial charge in [0, 0.05) is 11.8 Å². The Kier molecular flexibility index (Phi) is 2.76. The van der Waals surface area contributed by atoms with Crippen molar-refractivity contribution in [2.75, 3.05) is 0 Å². The van der Waals surface area contributed by atoms with Crippen molar-refractivity contribution in [3.8, 4) is 16.9 Å². The molecule has 114 valence electrons. The molecule has 0 aliphatic carbocycles. The van der Waals surface area contributed by atoms with Gasteiger partial charge >= 0.3 is 0 Å². The molecule has 0 saturated carbocycles. The highest BCUT2D eigenvalue weighted by Gasteiger charge is 2.14. The summed E-state index contributed by atoms with van der Waals surface area (Å²) in [5.41, 5.74) is 6.03. The van der Waals surface area contributed by atoms with Gasteiger partial charge in [-0.1, -0.05) is 48.5 Å². The fourth-order valence-corrected chi connectivity index (χ4v) is 3.14. The van der Waals surface area contributed by atoms with Crippen LogP contribution in [0.5, 0.6) is 0 Å². The van der Waals surface area contributed by atoms with E-state index in [0.717, 1.165) is 33.6 Å². The molecular formula is C20H14N4. The van der Waals surface area contributed by atoms with Gasteiger partial charge in [0.05, 0.1) is 23.1 Å². The Balaban J connectivity index is 1.86. The topological polar surface area (TPSA) is 35.1 Å². The van der Waals surface area contributed by atoms with Crippen LogP contribution < -0.4 is 0 Å². The van der Waals surface area contributed by atoms with Crippen LogP contribution >= 0.6 is 0 Å². The first-order valence-corrected chi connectivity index (χ1v) is 7.87. The van der Waals surface area contributed by atoms with Gasteiger partial charge in [-0.2, -0.15) is 5.10 Å². The maximum Gasteiger partial charge on any atom is 0.167 e. The molecular weight excluding hydrogens is 296 g/mol. The zero-order chi connectivity index (χ0) is 15.9. The highest BCUT2D eigenvalue weighted by Crippen LogP contribution is 2.27. The molecule has 5 rings (SSSR count). The van der Waals surface area contributed by atoms with Gasteiger partial charge in [-0.15, -0.1) is 0 Å². The van der Waals surface area contributed by atoms with E-state index in [0.29, 0.717) is 0 Å². The highest BCUT2D eigenvalue weighted by molar-refractivity contribution is 5.86. The summed E-state index contributed by atoms with van der Waals surface area (Å²) >= 11 is 0. The second-order valence-corrected chi connectivity index (χ2v) is 5.69. The second-order valence-electron chi connectivity index (χ2n) is 5.69. The molecule has 5 aromatic rings. The summed E-state index contributed by atoms with van der Waals surface area (Å²) in [6.45, 7) is 0. The Morgan fingerprint density at radius 2 is 1.50 bits per heavy atom. The van der Waals surface area contributed by atoms with Crippen LogP contribution in [-0.2, 0) is 0 Å². The van der Waals surface area contributed by atoms with Crippen LogP contribution in [0.3, 0.4) is 0 Å². The lowest BCUT2D eigenvalue weighted by Crippen LogP contribution is -2.01. The van der Waals surface area contributed by atoms with Gasteiger partial charge in [-0.25, -0.2) is 9.67 Å². The van der Waals surface area contributed by atoms with E-state index in [1.54, 1.807) is 0 Å². The lowest BCUT2D eigenvalue weighted by molar-refractivity contribution is 0.889. The van der Waals surface area contributed by atoms with E-state index in [1.165, 1.54) is 0 Å². The van der Waals surface area contributed by atoms with E-state index < -0.39 is 0 Å². The second kappa shape index (κ2) is 5.06. The average Bonchev–Trinajstić information content (AvgIpc) is 3.29. The standard InChI is InChI=1S/C20H14N4/c1-3-8-15(9-4-1)19-18-12-7-13-23(18)20-17(22-19)14-21-24(20)16-10-5-2-6-11-16/h1-14H. The summed E-state index contributed by atoms with van der Waals surface area (Å²) in [7, 11) is 0. The summed E-state index contributed by atoms with van der Waals surface area (Å²) in [6, 6.07) is 24.5. The van der Waals surface area contributed by atoms with E-state index in [-0.39, 0.29) is 0 Å². The number of nitrogens with zero attached hydrogens (tertiary/aromatic N) is 4. The average molecular weight is 310 g/mol. The minimum Gasteiger partial charge on any atom is -0.298 e. The molecule has 0 bridgehead atoms. The first-order chi connectivity index (χ1) is 11.9. The van der Waals surface area contributed by atoms with Crippen molar-refractivity contribution in [2.24, 2.45) is 0 Å². The Labute approximate surface area is 138 Å². The van der Waals surface area contributed by atoms with Gasteiger partial charge < -0.3 is 0 Å². The largest absolute Gasteiger partial charge is 0.298 e. The molecule has 0 aliphatic rings. The third-order valence-electron chi connectivity index (χ3n) is 4.23. The first-order valence-electron chi connectivity index (χ1n) is 7.87. The maximum absolute atomic E-state index is 4.89. The molecule has 0 radical (unpaired) electrons. The molecule has 0 atom stereocenters. The van der Waals surface area contributed by atoms with Gasteiger partial charge in [0.2, 0.25) is 0 Å². The minimum absolute atomic E-state index is 0.876. The molecule has 3 heterocycles. The quantitative estimate of drug-likeness (QED) is 0.486. The summed E-state index contributed by atoms with van der Waals surface area (Å²) in [5, 5.41) is 4.56. The Bertz CT molecular complexity index is 1140. The van der Waals surface area contributed by atoms with Crippen molar-refractivity contribution >= 4 is 16.7 Å². The molecule has 3 aromatic heterocycles. The molecule has 2 aromatic carbocycles. The first kappa shape index (κ1) is 13.1. The van der Waals surface area contributed by atoms with Crippen molar-refractivity contribution in [2.45, 2.75) is 0 Å². The molecule has 4 heteroatoms. The molecule has 0 amide bonds. The number of para-hydroxylation sites is 1. The van der Waals surface area contributed by atoms with Crippen LogP contribution in [0.1, 0.15) is 0 Å². The molecule has 4 nitrogen and oxygen atoms in total. The van der Waals surface area contributed by atoms with Gasteiger partial charge in [-0.05, 0) is 24.3 Å². The highest BCUT2D eigenvalue weighted by atomic mass is 15.3. The van der Waals surface area contributed by atoms with Crippen molar-refractivity contribution in [3.63, 3.8) is 0 Å². The predicted octanol–water partition coefficient (Wildman–Crippen LogP) is 4.34. The zero-order valence-corrected chi connectivity index (χ0v) is 12.9. The summed E-state index contributed by atoms with van der Waals surface area (Å²) in [6.07, 6.45) is 3.89. The number of hydrogen-bond donors (Lipinski definition) is 0. The maximum atomic E-state index is 4.89. The Morgan fingerprint density at radius 1 is 0.750 bits per heavy atom. The smallest absolute Gasteiger partial charge is 0.167 e. The van der Waals surface area contributed by atoms with Crippen molar-refractivity contribution < 1.29 is 0 Å². The molecule has 24 heavy (non-hydrogen) atoms. The lowest BCUT2D eigenvalue weighted by atomic mass is 10.1. The van der Waals surface area contributed by atoms with Crippen LogP contribution in [-0.4, -0.2) is 19.2 Å². The zero-order valence-electron chi connectivity index (χ0n) is 12.9. The van der Waals surface area contributed by atoms with Crippen LogP contribution in [0, 0.1) is 0 Å². The van der Waals surface area contributed by atoms with E-state index in [9.17, 15) is 0 Å². The van der Waals surface area contributed by atoms with E-state index in [4.69, 9.17) is 4.98 Å². The van der Waals surface area contributed by atoms with E-state index >= 15 is 0 Å². The summed E-state index contributed by atoms with van der Waals surface area (Å²) in [5.74, 6) is 0.